The summed E-state index contributed by atoms with van der Waals surface area (Å²) in [5.74, 6) is 0.0742. The van der Waals surface area contributed by atoms with Crippen LogP contribution in [0.2, 0.25) is 0 Å². The minimum absolute atomic E-state index is 0.0347. The molecular formula is C21H28N2O3S. The molecule has 0 saturated carbocycles. The molecule has 0 aliphatic heterocycles. The second kappa shape index (κ2) is 9.15. The largest absolute Gasteiger partial charge is 0.335 e. The van der Waals surface area contributed by atoms with Crippen molar-refractivity contribution in [1.29, 1.82) is 0 Å². The number of benzene rings is 2. The van der Waals surface area contributed by atoms with Crippen LogP contribution in [0.3, 0.4) is 0 Å². The molecule has 6 heteroatoms. The standard InChI is InChI=1S/C21H28N2O3S/c1-16(2)19-10-12-20(13-11-19)27(25,26)22-14-21(24)23(17(3)4)15-18-8-6-5-7-9-18/h5-13,16-17,22H,14-15H2,1-4H3. The van der Waals surface area contributed by atoms with Gasteiger partial charge < -0.3 is 4.90 Å². The van der Waals surface area contributed by atoms with Gasteiger partial charge in [0.1, 0.15) is 0 Å². The normalized spacial score (nSPS) is 11.8. The molecule has 1 amide bonds. The Kier molecular flexibility index (Phi) is 7.16. The van der Waals surface area contributed by atoms with Gasteiger partial charge in [-0.3, -0.25) is 4.79 Å². The Hall–Kier alpha value is -2.18. The highest BCUT2D eigenvalue weighted by atomic mass is 32.2. The van der Waals surface area contributed by atoms with Crippen LogP contribution in [0.15, 0.2) is 59.5 Å². The van der Waals surface area contributed by atoms with Crippen LogP contribution in [0.5, 0.6) is 0 Å². The third-order valence-corrected chi connectivity index (χ3v) is 5.83. The molecule has 146 valence electrons. The summed E-state index contributed by atoms with van der Waals surface area (Å²) in [6.07, 6.45) is 0. The molecule has 2 aromatic rings. The summed E-state index contributed by atoms with van der Waals surface area (Å²) in [6.45, 7) is 8.11. The van der Waals surface area contributed by atoms with Crippen LogP contribution in [0, 0.1) is 0 Å². The van der Waals surface area contributed by atoms with Gasteiger partial charge in [-0.2, -0.15) is 0 Å². The summed E-state index contributed by atoms with van der Waals surface area (Å²) in [5.41, 5.74) is 2.07. The summed E-state index contributed by atoms with van der Waals surface area (Å²) < 4.78 is 27.4. The number of sulfonamides is 1. The first-order valence-corrected chi connectivity index (χ1v) is 10.6. The van der Waals surface area contributed by atoms with Gasteiger partial charge in [0.25, 0.3) is 0 Å². The number of carbonyl (C=O) groups is 1. The molecule has 1 N–H and O–H groups in total. The zero-order valence-corrected chi connectivity index (χ0v) is 17.2. The Labute approximate surface area is 162 Å². The summed E-state index contributed by atoms with van der Waals surface area (Å²) >= 11 is 0. The maximum atomic E-state index is 12.6. The van der Waals surface area contributed by atoms with Gasteiger partial charge in [0.15, 0.2) is 0 Å². The van der Waals surface area contributed by atoms with Crippen molar-refractivity contribution in [1.82, 2.24) is 9.62 Å². The van der Waals surface area contributed by atoms with Crippen LogP contribution in [0.25, 0.3) is 0 Å². The van der Waals surface area contributed by atoms with Crippen molar-refractivity contribution in [2.45, 2.75) is 51.1 Å². The number of nitrogens with one attached hydrogen (secondary N) is 1. The lowest BCUT2D eigenvalue weighted by molar-refractivity contribution is -0.132. The van der Waals surface area contributed by atoms with Crippen molar-refractivity contribution in [2.24, 2.45) is 0 Å². The molecule has 2 rings (SSSR count). The lowest BCUT2D eigenvalue weighted by Gasteiger charge is -2.27. The molecule has 27 heavy (non-hydrogen) atoms. The van der Waals surface area contributed by atoms with E-state index >= 15 is 0 Å². The fourth-order valence-corrected chi connectivity index (χ4v) is 3.69. The average Bonchev–Trinajstić information content (AvgIpc) is 2.65. The summed E-state index contributed by atoms with van der Waals surface area (Å²) in [7, 11) is -3.73. The van der Waals surface area contributed by atoms with Gasteiger partial charge in [-0.25, -0.2) is 13.1 Å². The molecule has 0 saturated heterocycles. The Balaban J connectivity index is 2.04. The third-order valence-electron chi connectivity index (χ3n) is 4.41. The van der Waals surface area contributed by atoms with E-state index in [9.17, 15) is 13.2 Å². The highest BCUT2D eigenvalue weighted by Crippen LogP contribution is 2.17. The number of amides is 1. The van der Waals surface area contributed by atoms with Crippen LogP contribution < -0.4 is 4.72 Å². The number of carbonyl (C=O) groups excluding carboxylic acids is 1. The zero-order chi connectivity index (χ0) is 20.0. The van der Waals surface area contributed by atoms with E-state index in [4.69, 9.17) is 0 Å². The van der Waals surface area contributed by atoms with Crippen molar-refractivity contribution < 1.29 is 13.2 Å². The van der Waals surface area contributed by atoms with Crippen molar-refractivity contribution in [2.75, 3.05) is 6.54 Å². The van der Waals surface area contributed by atoms with Crippen LogP contribution in [0.1, 0.15) is 44.7 Å². The molecule has 5 nitrogen and oxygen atoms in total. The van der Waals surface area contributed by atoms with E-state index in [2.05, 4.69) is 4.72 Å². The molecule has 0 fully saturated rings. The first kappa shape index (κ1) is 21.1. The minimum atomic E-state index is -3.73. The predicted molar refractivity (Wildman–Crippen MR) is 108 cm³/mol. The first-order valence-electron chi connectivity index (χ1n) is 9.13. The molecule has 0 aromatic heterocycles. The number of nitrogens with zero attached hydrogens (tertiary/aromatic N) is 1. The van der Waals surface area contributed by atoms with Gasteiger partial charge in [0.2, 0.25) is 15.9 Å². The van der Waals surface area contributed by atoms with Gasteiger partial charge in [-0.1, -0.05) is 56.3 Å². The zero-order valence-electron chi connectivity index (χ0n) is 16.3. The Morgan fingerprint density at radius 2 is 1.56 bits per heavy atom. The van der Waals surface area contributed by atoms with E-state index in [1.54, 1.807) is 29.2 Å². The van der Waals surface area contributed by atoms with Crippen LogP contribution in [0.4, 0.5) is 0 Å². The monoisotopic (exact) mass is 388 g/mol. The van der Waals surface area contributed by atoms with E-state index in [1.165, 1.54) is 0 Å². The van der Waals surface area contributed by atoms with Gasteiger partial charge >= 0.3 is 0 Å². The van der Waals surface area contributed by atoms with Gasteiger partial charge in [-0.15, -0.1) is 0 Å². The third kappa shape index (κ3) is 5.91. The molecule has 0 aliphatic carbocycles. The van der Waals surface area contributed by atoms with E-state index in [-0.39, 0.29) is 23.4 Å². The SMILES string of the molecule is CC(C)c1ccc(S(=O)(=O)NCC(=O)N(Cc2ccccc2)C(C)C)cc1. The van der Waals surface area contributed by atoms with Gasteiger partial charge in [0, 0.05) is 12.6 Å². The van der Waals surface area contributed by atoms with Crippen molar-refractivity contribution in [3.05, 3.63) is 65.7 Å². The second-order valence-electron chi connectivity index (χ2n) is 7.15. The van der Waals surface area contributed by atoms with Crippen LogP contribution >= 0.6 is 0 Å². The molecule has 2 aromatic carbocycles. The number of hydrogen-bond donors (Lipinski definition) is 1. The topological polar surface area (TPSA) is 66.5 Å². The smallest absolute Gasteiger partial charge is 0.241 e. The maximum Gasteiger partial charge on any atom is 0.241 e. The molecule has 0 aliphatic rings. The molecule has 0 radical (unpaired) electrons. The summed E-state index contributed by atoms with van der Waals surface area (Å²) in [6, 6.07) is 16.4. The van der Waals surface area contributed by atoms with Gasteiger partial charge in [-0.05, 0) is 43.0 Å². The summed E-state index contributed by atoms with van der Waals surface area (Å²) in [4.78, 5) is 14.4. The van der Waals surface area contributed by atoms with E-state index < -0.39 is 10.0 Å². The predicted octanol–water partition coefficient (Wildman–Crippen LogP) is 3.53. The lowest BCUT2D eigenvalue weighted by Crippen LogP contribution is -2.43. The minimum Gasteiger partial charge on any atom is -0.335 e. The maximum absolute atomic E-state index is 12.6. The first-order chi connectivity index (χ1) is 12.7. The van der Waals surface area contributed by atoms with E-state index in [0.29, 0.717) is 12.5 Å². The van der Waals surface area contributed by atoms with Gasteiger partial charge in [0.05, 0.1) is 11.4 Å². The molecule has 0 unspecified atom stereocenters. The fourth-order valence-electron chi connectivity index (χ4n) is 2.71. The highest BCUT2D eigenvalue weighted by molar-refractivity contribution is 7.89. The van der Waals surface area contributed by atoms with Crippen molar-refractivity contribution in [3.63, 3.8) is 0 Å². The Morgan fingerprint density at radius 3 is 2.07 bits per heavy atom. The number of hydrogen-bond acceptors (Lipinski definition) is 3. The second-order valence-corrected chi connectivity index (χ2v) is 8.92. The van der Waals surface area contributed by atoms with Crippen LogP contribution in [-0.4, -0.2) is 31.8 Å². The number of rotatable bonds is 8. The molecule has 0 bridgehead atoms. The van der Waals surface area contributed by atoms with Crippen LogP contribution in [-0.2, 0) is 21.4 Å². The van der Waals surface area contributed by atoms with E-state index in [0.717, 1.165) is 11.1 Å². The molecular weight excluding hydrogens is 360 g/mol. The average molecular weight is 389 g/mol. The molecule has 0 spiro atoms. The lowest BCUT2D eigenvalue weighted by atomic mass is 10.0. The Morgan fingerprint density at radius 1 is 0.963 bits per heavy atom. The quantitative estimate of drug-likeness (QED) is 0.752. The van der Waals surface area contributed by atoms with E-state index in [1.807, 2.05) is 58.0 Å². The van der Waals surface area contributed by atoms with Crippen molar-refractivity contribution in [3.8, 4) is 0 Å². The highest BCUT2D eigenvalue weighted by Gasteiger charge is 2.21. The molecule has 0 heterocycles. The summed E-state index contributed by atoms with van der Waals surface area (Å²) in [5, 5.41) is 0. The molecule has 0 atom stereocenters. The Bertz CT molecular complexity index is 845. The van der Waals surface area contributed by atoms with Crippen molar-refractivity contribution >= 4 is 15.9 Å². The fraction of sp³-hybridized carbons (Fsp3) is 0.381.